The lowest BCUT2D eigenvalue weighted by molar-refractivity contribution is 0.268. The van der Waals surface area contributed by atoms with E-state index in [-0.39, 0.29) is 24.0 Å². The van der Waals surface area contributed by atoms with Gasteiger partial charge in [-0.25, -0.2) is 4.99 Å². The minimum absolute atomic E-state index is 0. The lowest BCUT2D eigenvalue weighted by Gasteiger charge is -2.20. The second kappa shape index (κ2) is 13.7. The van der Waals surface area contributed by atoms with Crippen LogP contribution < -0.4 is 10.6 Å². The van der Waals surface area contributed by atoms with E-state index in [2.05, 4.69) is 48.3 Å². The topological polar surface area (TPSA) is 39.7 Å². The number of aliphatic imine (C=N–C) groups is 1. The average Bonchev–Trinajstić information content (AvgIpc) is 2.51. The molecule has 24 heavy (non-hydrogen) atoms. The first-order valence-corrected chi connectivity index (χ1v) is 8.87. The van der Waals surface area contributed by atoms with Gasteiger partial charge in [-0.1, -0.05) is 23.7 Å². The Labute approximate surface area is 169 Å². The minimum Gasteiger partial charge on any atom is -0.357 e. The first-order valence-electron chi connectivity index (χ1n) is 8.49. The Morgan fingerprint density at radius 1 is 1.25 bits per heavy atom. The molecule has 0 saturated carbocycles. The zero-order chi connectivity index (χ0) is 17.1. The molecule has 0 spiro atoms. The van der Waals surface area contributed by atoms with Gasteiger partial charge in [0.1, 0.15) is 0 Å². The van der Waals surface area contributed by atoms with Crippen LogP contribution in [0.1, 0.15) is 39.2 Å². The highest BCUT2D eigenvalue weighted by Crippen LogP contribution is 2.11. The van der Waals surface area contributed by atoms with Gasteiger partial charge in [-0.3, -0.25) is 0 Å². The van der Waals surface area contributed by atoms with E-state index < -0.39 is 0 Å². The van der Waals surface area contributed by atoms with Gasteiger partial charge in [0.2, 0.25) is 0 Å². The number of hydrogen-bond donors (Lipinski definition) is 2. The highest BCUT2D eigenvalue weighted by molar-refractivity contribution is 14.0. The van der Waals surface area contributed by atoms with Crippen LogP contribution in [0, 0.1) is 0 Å². The number of benzene rings is 1. The van der Waals surface area contributed by atoms with Crippen molar-refractivity contribution in [3.63, 3.8) is 0 Å². The van der Waals surface area contributed by atoms with Crippen LogP contribution in [0.3, 0.4) is 0 Å². The quantitative estimate of drug-likeness (QED) is 0.249. The van der Waals surface area contributed by atoms with Crippen molar-refractivity contribution in [3.8, 4) is 0 Å². The van der Waals surface area contributed by atoms with Crippen molar-refractivity contribution in [3.05, 3.63) is 34.9 Å². The number of nitrogens with zero attached hydrogens (tertiary/aromatic N) is 2. The summed E-state index contributed by atoms with van der Waals surface area (Å²) in [5.41, 5.74) is 1.12. The standard InChI is InChI=1S/C18H31ClN4.HI/c1-5-20-18(21-11-6-7-12-23(4)15(2)3)22-14-16-9-8-10-17(19)13-16;/h8-10,13,15H,5-7,11-12,14H2,1-4H3,(H2,20,21,22);1H. The minimum atomic E-state index is 0. The molecule has 6 heteroatoms. The van der Waals surface area contributed by atoms with Crippen LogP contribution in [0.25, 0.3) is 0 Å². The molecule has 0 aliphatic carbocycles. The largest absolute Gasteiger partial charge is 0.357 e. The van der Waals surface area contributed by atoms with E-state index in [1.807, 2.05) is 24.3 Å². The van der Waals surface area contributed by atoms with Crippen molar-refractivity contribution in [1.82, 2.24) is 15.5 Å². The maximum Gasteiger partial charge on any atom is 0.191 e. The van der Waals surface area contributed by atoms with Crippen LogP contribution >= 0.6 is 35.6 Å². The highest BCUT2D eigenvalue weighted by atomic mass is 127. The third-order valence-corrected chi connectivity index (χ3v) is 4.00. The predicted molar refractivity (Wildman–Crippen MR) is 117 cm³/mol. The van der Waals surface area contributed by atoms with Crippen LogP contribution in [-0.2, 0) is 6.54 Å². The van der Waals surface area contributed by atoms with E-state index in [1.54, 1.807) is 0 Å². The second-order valence-corrected chi connectivity index (χ2v) is 6.47. The molecular weight excluding hydrogens is 435 g/mol. The maximum atomic E-state index is 6.00. The Morgan fingerprint density at radius 3 is 2.62 bits per heavy atom. The lowest BCUT2D eigenvalue weighted by atomic mass is 10.2. The molecule has 0 aliphatic heterocycles. The molecule has 0 aromatic heterocycles. The van der Waals surface area contributed by atoms with Crippen molar-refractivity contribution in [1.29, 1.82) is 0 Å². The summed E-state index contributed by atoms with van der Waals surface area (Å²) in [4.78, 5) is 6.98. The molecule has 0 unspecified atom stereocenters. The van der Waals surface area contributed by atoms with E-state index in [4.69, 9.17) is 11.6 Å². The van der Waals surface area contributed by atoms with Gasteiger partial charge < -0.3 is 15.5 Å². The zero-order valence-corrected chi connectivity index (χ0v) is 18.4. The fraction of sp³-hybridized carbons (Fsp3) is 0.611. The second-order valence-electron chi connectivity index (χ2n) is 6.03. The predicted octanol–water partition coefficient (Wildman–Crippen LogP) is 4.13. The van der Waals surface area contributed by atoms with Gasteiger partial charge in [-0.2, -0.15) is 0 Å². The Kier molecular flexibility index (Phi) is 13.4. The molecule has 138 valence electrons. The van der Waals surface area contributed by atoms with Crippen LogP contribution in [0.2, 0.25) is 5.02 Å². The van der Waals surface area contributed by atoms with Crippen LogP contribution in [0.4, 0.5) is 0 Å². The van der Waals surface area contributed by atoms with Crippen molar-refractivity contribution >= 4 is 41.5 Å². The number of halogens is 2. The molecule has 0 amide bonds. The number of rotatable bonds is 9. The first kappa shape index (κ1) is 23.5. The van der Waals surface area contributed by atoms with Gasteiger partial charge in [-0.05, 0) is 64.9 Å². The lowest BCUT2D eigenvalue weighted by Crippen LogP contribution is -2.38. The van der Waals surface area contributed by atoms with E-state index >= 15 is 0 Å². The maximum absolute atomic E-state index is 6.00. The summed E-state index contributed by atoms with van der Waals surface area (Å²) in [6.07, 6.45) is 2.33. The molecule has 4 nitrogen and oxygen atoms in total. The smallest absolute Gasteiger partial charge is 0.191 e. The number of unbranched alkanes of at least 4 members (excludes halogenated alkanes) is 1. The van der Waals surface area contributed by atoms with E-state index in [1.165, 1.54) is 6.42 Å². The van der Waals surface area contributed by atoms with Gasteiger partial charge in [0.15, 0.2) is 5.96 Å². The Balaban J connectivity index is 0.00000529. The average molecular weight is 467 g/mol. The molecule has 0 bridgehead atoms. The summed E-state index contributed by atoms with van der Waals surface area (Å²) in [7, 11) is 2.18. The molecular formula is C18H32ClIN4. The van der Waals surface area contributed by atoms with E-state index in [9.17, 15) is 0 Å². The monoisotopic (exact) mass is 466 g/mol. The molecule has 0 aliphatic rings. The molecule has 1 aromatic carbocycles. The van der Waals surface area contributed by atoms with Crippen molar-refractivity contribution < 1.29 is 0 Å². The Hall–Kier alpha value is -0.530. The third kappa shape index (κ3) is 10.4. The highest BCUT2D eigenvalue weighted by Gasteiger charge is 2.02. The normalized spacial score (nSPS) is 11.5. The summed E-state index contributed by atoms with van der Waals surface area (Å²) in [5, 5.41) is 7.43. The van der Waals surface area contributed by atoms with E-state index in [0.29, 0.717) is 12.6 Å². The first-order chi connectivity index (χ1) is 11.0. The van der Waals surface area contributed by atoms with Gasteiger partial charge in [0.25, 0.3) is 0 Å². The third-order valence-electron chi connectivity index (χ3n) is 3.76. The van der Waals surface area contributed by atoms with Crippen LogP contribution in [0.15, 0.2) is 29.3 Å². The van der Waals surface area contributed by atoms with E-state index in [0.717, 1.165) is 42.6 Å². The number of hydrogen-bond acceptors (Lipinski definition) is 2. The van der Waals surface area contributed by atoms with Gasteiger partial charge in [0.05, 0.1) is 6.54 Å². The molecule has 0 saturated heterocycles. The fourth-order valence-electron chi connectivity index (χ4n) is 2.10. The molecule has 0 atom stereocenters. The summed E-state index contributed by atoms with van der Waals surface area (Å²) < 4.78 is 0. The van der Waals surface area contributed by atoms with Gasteiger partial charge >= 0.3 is 0 Å². The molecule has 0 fully saturated rings. The fourth-order valence-corrected chi connectivity index (χ4v) is 2.31. The molecule has 0 radical (unpaired) electrons. The summed E-state index contributed by atoms with van der Waals surface area (Å²) in [5.74, 6) is 0.865. The summed E-state index contributed by atoms with van der Waals surface area (Å²) in [6, 6.07) is 8.45. The molecule has 1 rings (SSSR count). The van der Waals surface area contributed by atoms with Gasteiger partial charge in [0, 0.05) is 24.2 Å². The van der Waals surface area contributed by atoms with Crippen molar-refractivity contribution in [2.75, 3.05) is 26.7 Å². The SMILES string of the molecule is CCNC(=NCc1cccc(Cl)c1)NCCCCN(C)C(C)C.I. The Morgan fingerprint density at radius 2 is 2.00 bits per heavy atom. The summed E-state index contributed by atoms with van der Waals surface area (Å²) in [6.45, 7) is 10.1. The number of guanidine groups is 1. The van der Waals surface area contributed by atoms with Crippen LogP contribution in [0.5, 0.6) is 0 Å². The molecule has 1 aromatic rings. The number of nitrogens with one attached hydrogen (secondary N) is 2. The van der Waals surface area contributed by atoms with Crippen LogP contribution in [-0.4, -0.2) is 43.6 Å². The Bertz CT molecular complexity index is 480. The van der Waals surface area contributed by atoms with Crippen molar-refractivity contribution in [2.24, 2.45) is 4.99 Å². The zero-order valence-electron chi connectivity index (χ0n) is 15.3. The molecule has 2 N–H and O–H groups in total. The molecule has 0 heterocycles. The summed E-state index contributed by atoms with van der Waals surface area (Å²) >= 11 is 6.00. The van der Waals surface area contributed by atoms with Crippen molar-refractivity contribution in [2.45, 2.75) is 46.2 Å². The van der Waals surface area contributed by atoms with Gasteiger partial charge in [-0.15, -0.1) is 24.0 Å².